The van der Waals surface area contributed by atoms with Gasteiger partial charge in [0.05, 0.1) is 25.0 Å². The quantitative estimate of drug-likeness (QED) is 0.473. The van der Waals surface area contributed by atoms with Gasteiger partial charge in [0, 0.05) is 23.6 Å². The Hall–Kier alpha value is -3.59. The van der Waals surface area contributed by atoms with Crippen LogP contribution in [0.3, 0.4) is 0 Å². The third kappa shape index (κ3) is 8.82. The number of hydrogen-bond donors (Lipinski definition) is 2. The van der Waals surface area contributed by atoms with Gasteiger partial charge in [-0.05, 0) is 55.8 Å². The van der Waals surface area contributed by atoms with Crippen molar-refractivity contribution in [2.75, 3.05) is 31.0 Å². The zero-order valence-electron chi connectivity index (χ0n) is 18.3. The summed E-state index contributed by atoms with van der Waals surface area (Å²) in [5, 5.41) is 5.65. The average molecular weight is 477 g/mol. The first-order valence-electron chi connectivity index (χ1n) is 10.2. The lowest BCUT2D eigenvalue weighted by Crippen LogP contribution is -2.21. The summed E-state index contributed by atoms with van der Waals surface area (Å²) in [5.74, 6) is -1.46. The van der Waals surface area contributed by atoms with Gasteiger partial charge < -0.3 is 24.8 Å². The Morgan fingerprint density at radius 2 is 1.64 bits per heavy atom. The van der Waals surface area contributed by atoms with Crippen LogP contribution in [0.15, 0.2) is 42.5 Å². The van der Waals surface area contributed by atoms with Gasteiger partial charge in [-0.3, -0.25) is 14.4 Å². The molecule has 0 aliphatic carbocycles. The van der Waals surface area contributed by atoms with Gasteiger partial charge in [-0.2, -0.15) is 0 Å². The monoisotopic (exact) mass is 476 g/mol. The van der Waals surface area contributed by atoms with Gasteiger partial charge in [0.2, 0.25) is 5.91 Å². The fraction of sp³-hybridized carbons (Fsp3) is 0.304. The van der Waals surface area contributed by atoms with Crippen molar-refractivity contribution in [2.45, 2.75) is 26.2 Å². The highest BCUT2D eigenvalue weighted by atomic mass is 35.5. The van der Waals surface area contributed by atoms with E-state index in [1.54, 1.807) is 43.3 Å². The van der Waals surface area contributed by atoms with Crippen LogP contribution >= 0.6 is 11.6 Å². The number of anilines is 2. The van der Waals surface area contributed by atoms with Crippen molar-refractivity contribution in [1.29, 1.82) is 0 Å². The standard InChI is InChI=1S/C23H25ClN2O7/c1-3-32-23(30)15-7-10-17(11-8-15)25-20(27)5-4-6-22(29)33-14-21(28)26-18-13-16(24)9-12-19(18)31-2/h7-13H,3-6,14H2,1-2H3,(H,25,27)(H,26,28). The van der Waals surface area contributed by atoms with Crippen LogP contribution in [0.4, 0.5) is 11.4 Å². The molecule has 0 unspecified atom stereocenters. The molecule has 0 aliphatic rings. The smallest absolute Gasteiger partial charge is 0.338 e. The molecule has 2 aromatic carbocycles. The van der Waals surface area contributed by atoms with Crippen molar-refractivity contribution in [3.05, 3.63) is 53.1 Å². The second-order valence-corrected chi connectivity index (χ2v) is 7.19. The van der Waals surface area contributed by atoms with E-state index in [1.807, 2.05) is 0 Å². The van der Waals surface area contributed by atoms with Crippen LogP contribution in [0.2, 0.25) is 5.02 Å². The van der Waals surface area contributed by atoms with E-state index < -0.39 is 24.5 Å². The molecule has 33 heavy (non-hydrogen) atoms. The molecule has 0 heterocycles. The van der Waals surface area contributed by atoms with E-state index in [1.165, 1.54) is 13.2 Å². The highest BCUT2D eigenvalue weighted by molar-refractivity contribution is 6.31. The maximum absolute atomic E-state index is 12.0. The highest BCUT2D eigenvalue weighted by Gasteiger charge is 2.12. The van der Waals surface area contributed by atoms with Crippen molar-refractivity contribution in [3.63, 3.8) is 0 Å². The first kappa shape index (κ1) is 25.7. The Kier molecular flexibility index (Phi) is 10.2. The first-order chi connectivity index (χ1) is 15.8. The van der Waals surface area contributed by atoms with E-state index in [0.29, 0.717) is 27.7 Å². The summed E-state index contributed by atoms with van der Waals surface area (Å²) in [6.45, 7) is 1.52. The van der Waals surface area contributed by atoms with Crippen LogP contribution in [-0.2, 0) is 23.9 Å². The number of esters is 2. The van der Waals surface area contributed by atoms with Gasteiger partial charge in [-0.25, -0.2) is 4.79 Å². The van der Waals surface area contributed by atoms with E-state index in [-0.39, 0.29) is 31.8 Å². The highest BCUT2D eigenvalue weighted by Crippen LogP contribution is 2.27. The molecule has 2 N–H and O–H groups in total. The van der Waals surface area contributed by atoms with E-state index >= 15 is 0 Å². The second-order valence-electron chi connectivity index (χ2n) is 6.75. The summed E-state index contributed by atoms with van der Waals surface area (Å²) in [6, 6.07) is 11.0. The zero-order valence-corrected chi connectivity index (χ0v) is 19.1. The van der Waals surface area contributed by atoms with Crippen LogP contribution in [0.25, 0.3) is 0 Å². The van der Waals surface area contributed by atoms with Crippen molar-refractivity contribution in [1.82, 2.24) is 0 Å². The summed E-state index contributed by atoms with van der Waals surface area (Å²) < 4.78 is 15.0. The molecule has 0 aromatic heterocycles. The van der Waals surface area contributed by atoms with Crippen LogP contribution < -0.4 is 15.4 Å². The number of hydrogen-bond acceptors (Lipinski definition) is 7. The molecule has 0 atom stereocenters. The number of amides is 2. The zero-order chi connectivity index (χ0) is 24.2. The van der Waals surface area contributed by atoms with E-state index in [0.717, 1.165) is 0 Å². The number of nitrogens with one attached hydrogen (secondary N) is 2. The molecule has 176 valence electrons. The predicted molar refractivity (Wildman–Crippen MR) is 122 cm³/mol. The second kappa shape index (κ2) is 13.1. The summed E-state index contributed by atoms with van der Waals surface area (Å²) in [5.41, 5.74) is 1.26. The van der Waals surface area contributed by atoms with E-state index in [2.05, 4.69) is 10.6 Å². The molecule has 0 spiro atoms. The summed E-state index contributed by atoms with van der Waals surface area (Å²) in [7, 11) is 1.45. The molecule has 0 fully saturated rings. The summed E-state index contributed by atoms with van der Waals surface area (Å²) >= 11 is 5.91. The molecule has 2 aromatic rings. The molecular formula is C23H25ClN2O7. The van der Waals surface area contributed by atoms with Crippen molar-refractivity contribution >= 4 is 46.7 Å². The number of ether oxygens (including phenoxy) is 3. The van der Waals surface area contributed by atoms with Gasteiger partial charge in [0.25, 0.3) is 5.91 Å². The van der Waals surface area contributed by atoms with E-state index in [9.17, 15) is 19.2 Å². The largest absolute Gasteiger partial charge is 0.495 e. The number of benzene rings is 2. The minimum Gasteiger partial charge on any atom is -0.495 e. The number of rotatable bonds is 11. The average Bonchev–Trinajstić information content (AvgIpc) is 2.78. The normalized spacial score (nSPS) is 10.2. The Labute approximate surface area is 196 Å². The number of methoxy groups -OCH3 is 1. The Bertz CT molecular complexity index is 993. The van der Waals surface area contributed by atoms with Gasteiger partial charge in [0.15, 0.2) is 6.61 Å². The third-order valence-corrected chi connectivity index (χ3v) is 4.50. The summed E-state index contributed by atoms with van der Waals surface area (Å²) in [4.78, 5) is 47.5. The fourth-order valence-electron chi connectivity index (χ4n) is 2.70. The molecule has 0 saturated heterocycles. The maximum Gasteiger partial charge on any atom is 0.338 e. The molecule has 10 heteroatoms. The van der Waals surface area contributed by atoms with E-state index in [4.69, 9.17) is 25.8 Å². The first-order valence-corrected chi connectivity index (χ1v) is 10.6. The predicted octanol–water partition coefficient (Wildman–Crippen LogP) is 3.82. The molecule has 2 rings (SSSR count). The fourth-order valence-corrected chi connectivity index (χ4v) is 2.88. The third-order valence-electron chi connectivity index (χ3n) is 4.26. The lowest BCUT2D eigenvalue weighted by atomic mass is 10.2. The molecular weight excluding hydrogens is 452 g/mol. The molecule has 0 radical (unpaired) electrons. The Morgan fingerprint density at radius 3 is 2.30 bits per heavy atom. The lowest BCUT2D eigenvalue weighted by Gasteiger charge is -2.11. The minimum atomic E-state index is -0.602. The van der Waals surface area contributed by atoms with Crippen LogP contribution in [0.5, 0.6) is 5.75 Å². The topological polar surface area (TPSA) is 120 Å². The van der Waals surface area contributed by atoms with Crippen molar-refractivity contribution in [3.8, 4) is 5.75 Å². The van der Waals surface area contributed by atoms with Crippen molar-refractivity contribution in [2.24, 2.45) is 0 Å². The van der Waals surface area contributed by atoms with Gasteiger partial charge in [0.1, 0.15) is 5.75 Å². The molecule has 0 bridgehead atoms. The molecule has 0 aliphatic heterocycles. The number of carbonyl (C=O) groups is 4. The minimum absolute atomic E-state index is 0.0248. The molecule has 0 saturated carbocycles. The van der Waals surface area contributed by atoms with Gasteiger partial charge >= 0.3 is 11.9 Å². The molecule has 2 amide bonds. The van der Waals surface area contributed by atoms with Crippen LogP contribution in [-0.4, -0.2) is 44.1 Å². The maximum atomic E-state index is 12.0. The van der Waals surface area contributed by atoms with Crippen LogP contribution in [0.1, 0.15) is 36.5 Å². The lowest BCUT2D eigenvalue weighted by molar-refractivity contribution is -0.147. The van der Waals surface area contributed by atoms with Gasteiger partial charge in [-0.1, -0.05) is 11.6 Å². The SMILES string of the molecule is CCOC(=O)c1ccc(NC(=O)CCCC(=O)OCC(=O)Nc2cc(Cl)ccc2OC)cc1. The Morgan fingerprint density at radius 1 is 0.909 bits per heavy atom. The van der Waals surface area contributed by atoms with Crippen LogP contribution in [0, 0.1) is 0 Å². The van der Waals surface area contributed by atoms with Crippen molar-refractivity contribution < 1.29 is 33.4 Å². The van der Waals surface area contributed by atoms with Gasteiger partial charge in [-0.15, -0.1) is 0 Å². The summed E-state index contributed by atoms with van der Waals surface area (Å²) in [6.07, 6.45) is 0.304. The number of carbonyl (C=O) groups excluding carboxylic acids is 4. The Balaban J connectivity index is 1.68. The number of halogens is 1. The molecule has 9 nitrogen and oxygen atoms in total.